The minimum absolute atomic E-state index is 0.0734. The topological polar surface area (TPSA) is 183 Å². The van der Waals surface area contributed by atoms with Crippen molar-refractivity contribution in [3.63, 3.8) is 0 Å². The van der Waals surface area contributed by atoms with E-state index in [0.717, 1.165) is 0 Å². The zero-order valence-corrected chi connectivity index (χ0v) is 18.5. The Morgan fingerprint density at radius 2 is 2.03 bits per heavy atom. The maximum Gasteiger partial charge on any atom is 0.364 e. The average molecular weight is 476 g/mol. The fraction of sp³-hybridized carbons (Fsp3) is 0.455. The number of carboxylic acids is 2. The van der Waals surface area contributed by atoms with Crippen LogP contribution in [0.1, 0.15) is 24.6 Å². The molecule has 12 nitrogen and oxygen atoms in total. The summed E-state index contributed by atoms with van der Waals surface area (Å²) in [5, 5.41) is 35.7. The summed E-state index contributed by atoms with van der Waals surface area (Å²) in [7, 11) is 0. The molecule has 1 saturated heterocycles. The molecule has 0 bridgehead atoms. The van der Waals surface area contributed by atoms with Crippen molar-refractivity contribution < 1.29 is 39.2 Å². The predicted octanol–water partition coefficient (Wildman–Crippen LogP) is -0.353. The number of carbonyl (C=O) groups excluding carboxylic acids is 1. The number of aliphatic hydroxyl groups is 1. The molecule has 1 aliphatic heterocycles. The first kappa shape index (κ1) is 25.3. The van der Waals surface area contributed by atoms with Gasteiger partial charge >= 0.3 is 11.9 Å². The highest BCUT2D eigenvalue weighted by Crippen LogP contribution is 2.32. The second-order valence-corrected chi connectivity index (χ2v) is 8.07. The van der Waals surface area contributed by atoms with Gasteiger partial charge in [-0.25, -0.2) is 9.78 Å². The van der Waals surface area contributed by atoms with Crippen LogP contribution >= 0.6 is 0 Å². The summed E-state index contributed by atoms with van der Waals surface area (Å²) >= 11 is 0. The molecular weight excluding hydrogens is 448 g/mol. The van der Waals surface area contributed by atoms with Gasteiger partial charge in [0.15, 0.2) is 0 Å². The van der Waals surface area contributed by atoms with Gasteiger partial charge in [-0.1, -0.05) is 30.3 Å². The minimum atomic E-state index is -2.20. The van der Waals surface area contributed by atoms with Crippen LogP contribution in [0, 0.1) is 0 Å². The van der Waals surface area contributed by atoms with Crippen molar-refractivity contribution in [3.05, 3.63) is 54.1 Å². The third-order valence-corrected chi connectivity index (χ3v) is 5.49. The third-order valence-electron chi connectivity index (χ3n) is 5.49. The van der Waals surface area contributed by atoms with Crippen molar-refractivity contribution in [1.82, 2.24) is 20.6 Å². The van der Waals surface area contributed by atoms with E-state index in [9.17, 15) is 29.7 Å². The van der Waals surface area contributed by atoms with Gasteiger partial charge in [-0.15, -0.1) is 0 Å². The van der Waals surface area contributed by atoms with Gasteiger partial charge in [-0.05, 0) is 5.56 Å². The zero-order valence-electron chi connectivity index (χ0n) is 18.5. The van der Waals surface area contributed by atoms with Crippen molar-refractivity contribution in [2.24, 2.45) is 0 Å². The third kappa shape index (κ3) is 6.38. The van der Waals surface area contributed by atoms with E-state index in [1.54, 1.807) is 30.3 Å². The second-order valence-electron chi connectivity index (χ2n) is 8.07. The molecule has 2 unspecified atom stereocenters. The number of hydrogen-bond donors (Lipinski definition) is 6. The molecule has 0 aliphatic carbocycles. The van der Waals surface area contributed by atoms with E-state index < -0.39 is 54.3 Å². The van der Waals surface area contributed by atoms with Crippen molar-refractivity contribution in [2.75, 3.05) is 6.54 Å². The Bertz CT molecular complexity index is 971. The summed E-state index contributed by atoms with van der Waals surface area (Å²) < 4.78 is 11.5. The number of amides is 1. The SMILES string of the molecule is CC(=O)N[C@@H]1C(O)C[C@](OCc2ccccc2)(C(=O)O)OC1CN[C@@H](Cc1cnc[nH]1)C(=O)O. The number of aliphatic hydroxyl groups excluding tert-OH is 1. The summed E-state index contributed by atoms with van der Waals surface area (Å²) in [6.45, 7) is 0.972. The van der Waals surface area contributed by atoms with Crippen LogP contribution in [-0.4, -0.2) is 79.8 Å². The first-order valence-corrected chi connectivity index (χ1v) is 10.7. The van der Waals surface area contributed by atoms with Gasteiger partial charge < -0.3 is 40.4 Å². The standard InChI is InChI=1S/C22H28N4O8/c1-13(27)26-19-17(28)8-22(21(31)32,33-11-14-5-3-2-4-6-14)34-18(19)10-24-16(20(29)30)7-15-9-23-12-25-15/h2-6,9,12,16-19,24,28H,7-8,10-11H2,1H3,(H,23,25)(H,26,27)(H,29,30)(H,31,32)/t16-,17?,18?,19+,22+/m0/s1. The number of imidazole rings is 1. The number of rotatable bonds is 11. The average Bonchev–Trinajstić information content (AvgIpc) is 3.30. The lowest BCUT2D eigenvalue weighted by Crippen LogP contribution is -2.66. The highest BCUT2D eigenvalue weighted by molar-refractivity contribution is 5.76. The van der Waals surface area contributed by atoms with E-state index in [2.05, 4.69) is 20.6 Å². The summed E-state index contributed by atoms with van der Waals surface area (Å²) in [6.07, 6.45) is 0.116. The van der Waals surface area contributed by atoms with Gasteiger partial charge in [0.1, 0.15) is 6.04 Å². The first-order chi connectivity index (χ1) is 16.2. The van der Waals surface area contributed by atoms with E-state index in [-0.39, 0.29) is 19.6 Å². The molecule has 184 valence electrons. The molecule has 2 aromatic rings. The lowest BCUT2D eigenvalue weighted by Gasteiger charge is -2.44. The monoisotopic (exact) mass is 476 g/mol. The number of nitrogens with one attached hydrogen (secondary N) is 3. The van der Waals surface area contributed by atoms with Crippen molar-refractivity contribution in [3.8, 4) is 0 Å². The minimum Gasteiger partial charge on any atom is -0.480 e. The van der Waals surface area contributed by atoms with E-state index in [0.29, 0.717) is 11.3 Å². The molecule has 5 atom stereocenters. The zero-order chi connectivity index (χ0) is 24.7. The normalized spacial score (nSPS) is 25.4. The summed E-state index contributed by atoms with van der Waals surface area (Å²) in [6, 6.07) is 6.80. The largest absolute Gasteiger partial charge is 0.480 e. The molecule has 1 fully saturated rings. The van der Waals surface area contributed by atoms with Crippen LogP contribution in [0.2, 0.25) is 0 Å². The lowest BCUT2D eigenvalue weighted by molar-refractivity contribution is -0.298. The molecule has 1 amide bonds. The number of aromatic nitrogens is 2. The maximum absolute atomic E-state index is 12.2. The molecular formula is C22H28N4O8. The van der Waals surface area contributed by atoms with Gasteiger partial charge in [-0.3, -0.25) is 9.59 Å². The Kier molecular flexibility index (Phi) is 8.34. The Morgan fingerprint density at radius 1 is 1.29 bits per heavy atom. The molecule has 12 heteroatoms. The van der Waals surface area contributed by atoms with Crippen molar-refractivity contribution in [1.29, 1.82) is 0 Å². The maximum atomic E-state index is 12.2. The Morgan fingerprint density at radius 3 is 2.62 bits per heavy atom. The van der Waals surface area contributed by atoms with E-state index in [1.165, 1.54) is 19.4 Å². The summed E-state index contributed by atoms with van der Waals surface area (Å²) in [5.41, 5.74) is 1.28. The number of aromatic amines is 1. The number of carboxylic acid groups (broad SMARTS) is 2. The fourth-order valence-electron chi connectivity index (χ4n) is 3.80. The van der Waals surface area contributed by atoms with Gasteiger partial charge in [0.05, 0.1) is 31.2 Å². The lowest BCUT2D eigenvalue weighted by atomic mass is 9.92. The summed E-state index contributed by atoms with van der Waals surface area (Å²) in [4.78, 5) is 42.3. The van der Waals surface area contributed by atoms with Gasteiger partial charge in [0, 0.05) is 38.2 Å². The molecule has 6 N–H and O–H groups in total. The molecule has 1 aromatic carbocycles. The van der Waals surface area contributed by atoms with E-state index >= 15 is 0 Å². The highest BCUT2D eigenvalue weighted by Gasteiger charge is 2.53. The molecule has 1 aliphatic rings. The molecule has 3 rings (SSSR count). The first-order valence-electron chi connectivity index (χ1n) is 10.7. The number of hydrogen-bond acceptors (Lipinski definition) is 8. The molecule has 0 saturated carbocycles. The molecule has 0 spiro atoms. The Balaban J connectivity index is 1.78. The smallest absolute Gasteiger partial charge is 0.364 e. The summed E-state index contributed by atoms with van der Waals surface area (Å²) in [5.74, 6) is -5.25. The van der Waals surface area contributed by atoms with Crippen LogP contribution in [0.4, 0.5) is 0 Å². The number of nitrogens with zero attached hydrogens (tertiary/aromatic N) is 1. The Labute approximate surface area is 195 Å². The number of ether oxygens (including phenoxy) is 2. The number of aliphatic carboxylic acids is 2. The van der Waals surface area contributed by atoms with Gasteiger partial charge in [0.2, 0.25) is 5.91 Å². The number of carbonyl (C=O) groups is 3. The highest BCUT2D eigenvalue weighted by atomic mass is 16.7. The molecule has 0 radical (unpaired) electrons. The molecule has 2 heterocycles. The van der Waals surface area contributed by atoms with Crippen molar-refractivity contribution in [2.45, 2.75) is 56.5 Å². The van der Waals surface area contributed by atoms with Crippen LogP contribution in [-0.2, 0) is 36.9 Å². The van der Waals surface area contributed by atoms with E-state index in [4.69, 9.17) is 9.47 Å². The fourth-order valence-corrected chi connectivity index (χ4v) is 3.80. The predicted molar refractivity (Wildman–Crippen MR) is 116 cm³/mol. The second kappa shape index (κ2) is 11.2. The number of benzene rings is 1. The van der Waals surface area contributed by atoms with Crippen molar-refractivity contribution >= 4 is 17.8 Å². The van der Waals surface area contributed by atoms with Crippen LogP contribution in [0.15, 0.2) is 42.9 Å². The molecule has 1 aromatic heterocycles. The number of H-pyrrole nitrogens is 1. The molecule has 34 heavy (non-hydrogen) atoms. The van der Waals surface area contributed by atoms with Crippen LogP contribution < -0.4 is 10.6 Å². The van der Waals surface area contributed by atoms with E-state index in [1.807, 2.05) is 0 Å². The van der Waals surface area contributed by atoms with Gasteiger partial charge in [-0.2, -0.15) is 0 Å². The van der Waals surface area contributed by atoms with Gasteiger partial charge in [0.25, 0.3) is 5.79 Å². The van der Waals surface area contributed by atoms with Crippen LogP contribution in [0.25, 0.3) is 0 Å². The quantitative estimate of drug-likeness (QED) is 0.251. The van der Waals surface area contributed by atoms with Crippen LogP contribution in [0.5, 0.6) is 0 Å². The Hall–Kier alpha value is -3.32. The van der Waals surface area contributed by atoms with Crippen LogP contribution in [0.3, 0.4) is 0 Å².